The fraction of sp³-hybridized carbons (Fsp3) is 0.500. The first kappa shape index (κ1) is 15.8. The van der Waals surface area contributed by atoms with E-state index in [0.29, 0.717) is 37.4 Å². The van der Waals surface area contributed by atoms with Gasteiger partial charge in [0.05, 0.1) is 19.1 Å². The third kappa shape index (κ3) is 3.19. The van der Waals surface area contributed by atoms with E-state index in [-0.39, 0.29) is 10.8 Å². The number of hydrogen-bond acceptors (Lipinski definition) is 5. The van der Waals surface area contributed by atoms with Crippen molar-refractivity contribution >= 4 is 16.3 Å². The van der Waals surface area contributed by atoms with E-state index in [1.165, 1.54) is 30.7 Å². The minimum absolute atomic E-state index is 0.0400. The Morgan fingerprint density at radius 3 is 2.29 bits per heavy atom. The highest BCUT2D eigenvalue weighted by Gasteiger charge is 2.29. The van der Waals surface area contributed by atoms with Crippen molar-refractivity contribution in [3.05, 3.63) is 18.2 Å². The first-order chi connectivity index (χ1) is 10.0. The third-order valence-corrected chi connectivity index (χ3v) is 5.58. The number of carbonyl (C=O) groups is 1. The predicted octanol–water partition coefficient (Wildman–Crippen LogP) is 1.30. The molecule has 6 nitrogen and oxygen atoms in total. The van der Waals surface area contributed by atoms with Gasteiger partial charge in [-0.05, 0) is 25.0 Å². The molecule has 0 spiro atoms. The number of carbonyl (C=O) groups excluding carboxylic acids is 1. The van der Waals surface area contributed by atoms with Crippen LogP contribution in [0.3, 0.4) is 0 Å². The van der Waals surface area contributed by atoms with Crippen LogP contribution in [-0.4, -0.2) is 46.3 Å². The average molecular weight is 313 g/mol. The van der Waals surface area contributed by atoms with Gasteiger partial charge in [-0.1, -0.05) is 0 Å². The number of hydrogen-bond donors (Lipinski definition) is 0. The molecule has 2 rings (SSSR count). The molecule has 0 bridgehead atoms. The number of nitrogens with zero attached hydrogens (tertiary/aromatic N) is 1. The summed E-state index contributed by atoms with van der Waals surface area (Å²) in [6, 6.07) is 4.53. The zero-order valence-electron chi connectivity index (χ0n) is 12.1. The first-order valence-corrected chi connectivity index (χ1v) is 8.14. The van der Waals surface area contributed by atoms with Crippen molar-refractivity contribution < 1.29 is 22.7 Å². The molecule has 0 amide bonds. The standard InChI is InChI=1S/C14H19NO5S/c1-19-13-4-3-12(9-14(13)20-2)21(17,18)15-7-5-11(10-16)6-8-15/h3-4,9-11H,5-8H2,1-2H3. The number of ether oxygens (including phenoxy) is 2. The van der Waals surface area contributed by atoms with E-state index in [1.807, 2.05) is 0 Å². The van der Waals surface area contributed by atoms with Crippen LogP contribution in [0.2, 0.25) is 0 Å². The Kier molecular flexibility index (Phi) is 4.84. The van der Waals surface area contributed by atoms with Gasteiger partial charge in [-0.15, -0.1) is 0 Å². The molecule has 1 aromatic carbocycles. The average Bonchev–Trinajstić information content (AvgIpc) is 2.54. The molecule has 0 aromatic heterocycles. The van der Waals surface area contributed by atoms with Crippen molar-refractivity contribution in [1.29, 1.82) is 0 Å². The molecule has 0 saturated carbocycles. The normalized spacial score (nSPS) is 17.4. The van der Waals surface area contributed by atoms with Gasteiger partial charge < -0.3 is 14.3 Å². The van der Waals surface area contributed by atoms with Gasteiger partial charge in [0, 0.05) is 25.1 Å². The lowest BCUT2D eigenvalue weighted by Gasteiger charge is -2.28. The quantitative estimate of drug-likeness (QED) is 0.766. The van der Waals surface area contributed by atoms with E-state index < -0.39 is 10.0 Å². The second-order valence-corrected chi connectivity index (χ2v) is 6.83. The second-order valence-electron chi connectivity index (χ2n) is 4.89. The Labute approximate surface area is 124 Å². The maximum Gasteiger partial charge on any atom is 0.243 e. The summed E-state index contributed by atoms with van der Waals surface area (Å²) in [6.45, 7) is 0.722. The summed E-state index contributed by atoms with van der Waals surface area (Å²) in [6.07, 6.45) is 2.03. The van der Waals surface area contributed by atoms with Crippen LogP contribution in [0.1, 0.15) is 12.8 Å². The van der Waals surface area contributed by atoms with Gasteiger partial charge in [0.15, 0.2) is 11.5 Å². The monoisotopic (exact) mass is 313 g/mol. The van der Waals surface area contributed by atoms with Crippen LogP contribution in [-0.2, 0) is 14.8 Å². The van der Waals surface area contributed by atoms with Crippen LogP contribution in [0, 0.1) is 5.92 Å². The molecule has 0 radical (unpaired) electrons. The number of piperidine rings is 1. The Hall–Kier alpha value is -1.60. The molecule has 7 heteroatoms. The maximum absolute atomic E-state index is 12.6. The van der Waals surface area contributed by atoms with E-state index in [1.54, 1.807) is 6.07 Å². The molecular weight excluding hydrogens is 294 g/mol. The summed E-state index contributed by atoms with van der Waals surface area (Å²) in [5.41, 5.74) is 0. The van der Waals surface area contributed by atoms with Gasteiger partial charge in [-0.3, -0.25) is 0 Å². The number of rotatable bonds is 5. The SMILES string of the molecule is COc1ccc(S(=O)(=O)N2CCC(C=O)CC2)cc1OC. The summed E-state index contributed by atoms with van der Waals surface area (Å²) in [5, 5.41) is 0. The van der Waals surface area contributed by atoms with Crippen LogP contribution in [0.25, 0.3) is 0 Å². The van der Waals surface area contributed by atoms with E-state index in [2.05, 4.69) is 0 Å². The number of sulfonamides is 1. The highest BCUT2D eigenvalue weighted by atomic mass is 32.2. The molecule has 116 valence electrons. The molecule has 0 aliphatic carbocycles. The predicted molar refractivity (Wildman–Crippen MR) is 77.1 cm³/mol. The smallest absolute Gasteiger partial charge is 0.243 e. The molecule has 1 saturated heterocycles. The van der Waals surface area contributed by atoms with Crippen LogP contribution < -0.4 is 9.47 Å². The number of methoxy groups -OCH3 is 2. The molecule has 21 heavy (non-hydrogen) atoms. The van der Waals surface area contributed by atoms with Gasteiger partial charge in [0.2, 0.25) is 10.0 Å². The molecular formula is C14H19NO5S. The van der Waals surface area contributed by atoms with Crippen molar-refractivity contribution in [3.8, 4) is 11.5 Å². The number of aldehydes is 1. The zero-order valence-corrected chi connectivity index (χ0v) is 12.9. The third-order valence-electron chi connectivity index (χ3n) is 3.68. The van der Waals surface area contributed by atoms with Gasteiger partial charge in [-0.2, -0.15) is 4.31 Å². The largest absolute Gasteiger partial charge is 0.493 e. The summed E-state index contributed by atoms with van der Waals surface area (Å²) in [4.78, 5) is 10.9. The van der Waals surface area contributed by atoms with E-state index in [9.17, 15) is 13.2 Å². The molecule has 1 aliphatic heterocycles. The van der Waals surface area contributed by atoms with Crippen LogP contribution >= 0.6 is 0 Å². The summed E-state index contributed by atoms with van der Waals surface area (Å²) in [7, 11) is -0.611. The molecule has 1 aliphatic rings. The minimum atomic E-state index is -3.57. The van der Waals surface area contributed by atoms with Gasteiger partial charge in [0.25, 0.3) is 0 Å². The zero-order chi connectivity index (χ0) is 15.5. The molecule has 0 unspecified atom stereocenters. The lowest BCUT2D eigenvalue weighted by molar-refractivity contribution is -0.112. The highest BCUT2D eigenvalue weighted by molar-refractivity contribution is 7.89. The topological polar surface area (TPSA) is 72.9 Å². The van der Waals surface area contributed by atoms with Gasteiger partial charge in [-0.25, -0.2) is 8.42 Å². The molecule has 1 aromatic rings. The van der Waals surface area contributed by atoms with Gasteiger partial charge in [0.1, 0.15) is 6.29 Å². The van der Waals surface area contributed by atoms with Crippen molar-refractivity contribution in [2.45, 2.75) is 17.7 Å². The molecule has 0 atom stereocenters. The Morgan fingerprint density at radius 2 is 1.76 bits per heavy atom. The van der Waals surface area contributed by atoms with E-state index >= 15 is 0 Å². The summed E-state index contributed by atoms with van der Waals surface area (Å²) >= 11 is 0. The fourth-order valence-electron chi connectivity index (χ4n) is 2.38. The van der Waals surface area contributed by atoms with Gasteiger partial charge >= 0.3 is 0 Å². The van der Waals surface area contributed by atoms with Crippen LogP contribution in [0.5, 0.6) is 11.5 Å². The Bertz CT molecular complexity index is 606. The second kappa shape index (κ2) is 6.44. The fourth-order valence-corrected chi connectivity index (χ4v) is 3.86. The minimum Gasteiger partial charge on any atom is -0.493 e. The van der Waals surface area contributed by atoms with Crippen molar-refractivity contribution in [1.82, 2.24) is 4.31 Å². The maximum atomic E-state index is 12.6. The lowest BCUT2D eigenvalue weighted by atomic mass is 10.0. The van der Waals surface area contributed by atoms with Crippen molar-refractivity contribution in [2.24, 2.45) is 5.92 Å². The molecule has 1 fully saturated rings. The first-order valence-electron chi connectivity index (χ1n) is 6.70. The molecule has 1 heterocycles. The van der Waals surface area contributed by atoms with Crippen molar-refractivity contribution in [3.63, 3.8) is 0 Å². The Balaban J connectivity index is 2.26. The van der Waals surface area contributed by atoms with E-state index in [0.717, 1.165) is 6.29 Å². The summed E-state index contributed by atoms with van der Waals surface area (Å²) < 4.78 is 36.8. The number of benzene rings is 1. The van der Waals surface area contributed by atoms with Crippen LogP contribution in [0.15, 0.2) is 23.1 Å². The highest BCUT2D eigenvalue weighted by Crippen LogP contribution is 2.31. The van der Waals surface area contributed by atoms with Crippen LogP contribution in [0.4, 0.5) is 0 Å². The molecule has 0 N–H and O–H groups in total. The summed E-state index contributed by atoms with van der Waals surface area (Å²) in [5.74, 6) is 0.819. The lowest BCUT2D eigenvalue weighted by Crippen LogP contribution is -2.38. The Morgan fingerprint density at radius 1 is 1.14 bits per heavy atom. The van der Waals surface area contributed by atoms with E-state index in [4.69, 9.17) is 9.47 Å². The van der Waals surface area contributed by atoms with Crippen molar-refractivity contribution in [2.75, 3.05) is 27.3 Å².